The summed E-state index contributed by atoms with van der Waals surface area (Å²) in [6.07, 6.45) is 0.770. The van der Waals surface area contributed by atoms with E-state index in [2.05, 4.69) is 9.97 Å². The Morgan fingerprint density at radius 2 is 2.08 bits per heavy atom. The number of anilines is 2. The molecule has 1 aliphatic heterocycles. The topological polar surface area (TPSA) is 87.0 Å². The Morgan fingerprint density at radius 1 is 1.25 bits per heavy atom. The monoisotopic (exact) mass is 166 g/mol. The van der Waals surface area contributed by atoms with Gasteiger partial charge in [-0.3, -0.25) is 0 Å². The van der Waals surface area contributed by atoms with Crippen LogP contribution in [0, 0.1) is 0 Å². The molecule has 0 aromatic carbocycles. The largest absolute Gasteiger partial charge is 0.383 e. The molecule has 5 heteroatoms. The molecule has 0 atom stereocenters. The summed E-state index contributed by atoms with van der Waals surface area (Å²) in [5.41, 5.74) is 12.9. The third-order valence-corrected chi connectivity index (χ3v) is 1.87. The van der Waals surface area contributed by atoms with Crippen molar-refractivity contribution >= 4 is 11.8 Å². The van der Waals surface area contributed by atoms with Gasteiger partial charge >= 0.3 is 0 Å². The Morgan fingerprint density at radius 3 is 2.92 bits per heavy atom. The number of aromatic nitrogens is 2. The molecule has 0 unspecified atom stereocenters. The molecule has 0 amide bonds. The van der Waals surface area contributed by atoms with Gasteiger partial charge in [0.2, 0.25) is 5.95 Å². The third kappa shape index (κ3) is 1.08. The molecule has 0 bridgehead atoms. The van der Waals surface area contributed by atoms with Gasteiger partial charge in [0.15, 0.2) is 0 Å². The van der Waals surface area contributed by atoms with Crippen molar-refractivity contribution in [3.8, 4) is 0 Å². The van der Waals surface area contributed by atoms with Crippen molar-refractivity contribution in [2.75, 3.05) is 18.1 Å². The number of ether oxygens (including phenoxy) is 1. The highest BCUT2D eigenvalue weighted by molar-refractivity contribution is 5.46. The predicted molar refractivity (Wildman–Crippen MR) is 44.2 cm³/mol. The van der Waals surface area contributed by atoms with Crippen molar-refractivity contribution < 1.29 is 4.74 Å². The zero-order valence-electron chi connectivity index (χ0n) is 6.58. The number of hydrogen-bond donors (Lipinski definition) is 2. The SMILES string of the molecule is Nc1nc(N)c2c(n1)CCOC2. The maximum absolute atomic E-state index is 5.63. The van der Waals surface area contributed by atoms with Gasteiger partial charge in [-0.05, 0) is 0 Å². The van der Waals surface area contributed by atoms with Crippen molar-refractivity contribution in [3.05, 3.63) is 11.3 Å². The van der Waals surface area contributed by atoms with Crippen LogP contribution in [-0.2, 0) is 17.8 Å². The summed E-state index contributed by atoms with van der Waals surface area (Å²) >= 11 is 0. The lowest BCUT2D eigenvalue weighted by molar-refractivity contribution is 0.109. The van der Waals surface area contributed by atoms with Crippen LogP contribution < -0.4 is 11.5 Å². The van der Waals surface area contributed by atoms with Gasteiger partial charge in [-0.25, -0.2) is 4.98 Å². The molecule has 2 heterocycles. The van der Waals surface area contributed by atoms with Crippen LogP contribution in [-0.4, -0.2) is 16.6 Å². The van der Waals surface area contributed by atoms with Gasteiger partial charge in [-0.2, -0.15) is 4.98 Å². The Bertz CT molecular complexity index is 313. The summed E-state index contributed by atoms with van der Waals surface area (Å²) in [4.78, 5) is 7.93. The first-order chi connectivity index (χ1) is 5.77. The number of hydrogen-bond acceptors (Lipinski definition) is 5. The summed E-state index contributed by atoms with van der Waals surface area (Å²) in [6, 6.07) is 0. The molecular weight excluding hydrogens is 156 g/mol. The van der Waals surface area contributed by atoms with Crippen LogP contribution in [0.1, 0.15) is 11.3 Å². The quantitative estimate of drug-likeness (QED) is 0.553. The summed E-state index contributed by atoms with van der Waals surface area (Å²) in [5, 5.41) is 0. The lowest BCUT2D eigenvalue weighted by Crippen LogP contribution is -2.16. The highest BCUT2D eigenvalue weighted by atomic mass is 16.5. The molecule has 0 saturated carbocycles. The number of rotatable bonds is 0. The minimum atomic E-state index is 0.244. The van der Waals surface area contributed by atoms with Crippen LogP contribution in [0.25, 0.3) is 0 Å². The van der Waals surface area contributed by atoms with Crippen molar-refractivity contribution in [1.29, 1.82) is 0 Å². The van der Waals surface area contributed by atoms with Crippen molar-refractivity contribution in [2.24, 2.45) is 0 Å². The fourth-order valence-electron chi connectivity index (χ4n) is 1.28. The van der Waals surface area contributed by atoms with E-state index in [1.54, 1.807) is 0 Å². The van der Waals surface area contributed by atoms with E-state index in [0.29, 0.717) is 19.0 Å². The van der Waals surface area contributed by atoms with Crippen LogP contribution in [0.2, 0.25) is 0 Å². The Labute approximate surface area is 69.8 Å². The van der Waals surface area contributed by atoms with E-state index in [9.17, 15) is 0 Å². The summed E-state index contributed by atoms with van der Waals surface area (Å²) in [6.45, 7) is 1.18. The molecule has 1 aromatic rings. The Hall–Kier alpha value is -1.36. The molecule has 0 saturated heterocycles. The van der Waals surface area contributed by atoms with Gasteiger partial charge in [-0.1, -0.05) is 0 Å². The molecule has 64 valence electrons. The fraction of sp³-hybridized carbons (Fsp3) is 0.429. The second-order valence-corrected chi connectivity index (χ2v) is 2.69. The molecule has 12 heavy (non-hydrogen) atoms. The molecule has 2 rings (SSSR count). The molecule has 4 N–H and O–H groups in total. The molecule has 1 aromatic heterocycles. The smallest absolute Gasteiger partial charge is 0.222 e. The zero-order valence-corrected chi connectivity index (χ0v) is 6.58. The van der Waals surface area contributed by atoms with Gasteiger partial charge in [0.1, 0.15) is 5.82 Å². The van der Waals surface area contributed by atoms with Gasteiger partial charge in [0.05, 0.1) is 18.9 Å². The summed E-state index contributed by atoms with van der Waals surface area (Å²) < 4.78 is 5.22. The number of fused-ring (bicyclic) bond motifs is 1. The van der Waals surface area contributed by atoms with Crippen LogP contribution in [0.4, 0.5) is 11.8 Å². The van der Waals surface area contributed by atoms with E-state index >= 15 is 0 Å². The van der Waals surface area contributed by atoms with Crippen molar-refractivity contribution in [3.63, 3.8) is 0 Å². The number of nitrogens with zero attached hydrogens (tertiary/aromatic N) is 2. The molecule has 5 nitrogen and oxygen atoms in total. The standard InChI is InChI=1S/C7H10N4O/c8-6-4-3-12-2-1-5(4)10-7(9)11-6/h1-3H2,(H4,8,9,10,11). The first-order valence-corrected chi connectivity index (χ1v) is 3.76. The lowest BCUT2D eigenvalue weighted by atomic mass is 10.1. The maximum atomic E-state index is 5.63. The van der Waals surface area contributed by atoms with E-state index in [1.807, 2.05) is 0 Å². The summed E-state index contributed by atoms with van der Waals surface area (Å²) in [5.74, 6) is 0.686. The highest BCUT2D eigenvalue weighted by Crippen LogP contribution is 2.19. The highest BCUT2D eigenvalue weighted by Gasteiger charge is 2.15. The van der Waals surface area contributed by atoms with Gasteiger partial charge in [0, 0.05) is 12.0 Å². The molecule has 0 fully saturated rings. The zero-order chi connectivity index (χ0) is 8.55. The lowest BCUT2D eigenvalue weighted by Gasteiger charge is -2.16. The Balaban J connectivity index is 2.53. The van der Waals surface area contributed by atoms with E-state index < -0.39 is 0 Å². The molecule has 1 aliphatic rings. The third-order valence-electron chi connectivity index (χ3n) is 1.87. The predicted octanol–water partition coefficient (Wildman–Crippen LogP) is -0.286. The maximum Gasteiger partial charge on any atom is 0.222 e. The van der Waals surface area contributed by atoms with E-state index in [0.717, 1.165) is 17.7 Å². The summed E-state index contributed by atoms with van der Waals surface area (Å²) in [7, 11) is 0. The average Bonchev–Trinajstić information content (AvgIpc) is 2.04. The second kappa shape index (κ2) is 2.60. The molecule has 0 aliphatic carbocycles. The van der Waals surface area contributed by atoms with Gasteiger partial charge < -0.3 is 16.2 Å². The van der Waals surface area contributed by atoms with E-state index in [4.69, 9.17) is 16.2 Å². The number of nitrogen functional groups attached to an aromatic ring is 2. The molecular formula is C7H10N4O. The Kier molecular flexibility index (Phi) is 1.58. The van der Waals surface area contributed by atoms with Crippen LogP contribution >= 0.6 is 0 Å². The van der Waals surface area contributed by atoms with Crippen molar-refractivity contribution in [2.45, 2.75) is 13.0 Å². The van der Waals surface area contributed by atoms with Crippen LogP contribution in [0.15, 0.2) is 0 Å². The van der Waals surface area contributed by atoms with Crippen LogP contribution in [0.3, 0.4) is 0 Å². The minimum absolute atomic E-state index is 0.244. The van der Waals surface area contributed by atoms with Crippen molar-refractivity contribution in [1.82, 2.24) is 9.97 Å². The van der Waals surface area contributed by atoms with E-state index in [-0.39, 0.29) is 5.95 Å². The minimum Gasteiger partial charge on any atom is -0.383 e. The van der Waals surface area contributed by atoms with Crippen LogP contribution in [0.5, 0.6) is 0 Å². The van der Waals surface area contributed by atoms with E-state index in [1.165, 1.54) is 0 Å². The normalized spacial score (nSPS) is 15.7. The first kappa shape index (κ1) is 7.30. The average molecular weight is 166 g/mol. The second-order valence-electron chi connectivity index (χ2n) is 2.69. The van der Waals surface area contributed by atoms with Gasteiger partial charge in [0.25, 0.3) is 0 Å². The molecule has 0 spiro atoms. The molecule has 0 radical (unpaired) electrons. The fourth-order valence-corrected chi connectivity index (χ4v) is 1.28. The van der Waals surface area contributed by atoms with Gasteiger partial charge in [-0.15, -0.1) is 0 Å². The first-order valence-electron chi connectivity index (χ1n) is 3.76. The number of nitrogens with two attached hydrogens (primary N) is 2.